The van der Waals surface area contributed by atoms with Crippen LogP contribution in [-0.4, -0.2) is 41.0 Å². The van der Waals surface area contributed by atoms with Crippen molar-refractivity contribution in [1.82, 2.24) is 0 Å². The Labute approximate surface area is 281 Å². The number of hydrogen-bond donors (Lipinski definition) is 2. The number of phosphoric acid groups is 1. The minimum Gasteiger partial charge on any atom is -0.462 e. The molecule has 46 heavy (non-hydrogen) atoms. The topological polar surface area (TPSA) is 119 Å². The van der Waals surface area contributed by atoms with E-state index in [1.807, 2.05) is 0 Å². The molecule has 0 amide bonds. The lowest BCUT2D eigenvalue weighted by molar-refractivity contribution is -0.161. The van der Waals surface area contributed by atoms with Crippen molar-refractivity contribution in [2.45, 2.75) is 187 Å². The monoisotopic (exact) mass is 672 g/mol. The quantitative estimate of drug-likeness (QED) is 0.0300. The second kappa shape index (κ2) is 33.4. The molecular formula is C37H69O8P. The number of allylic oxidation sites excluding steroid dienone is 4. The van der Waals surface area contributed by atoms with Crippen LogP contribution in [0.3, 0.4) is 0 Å². The molecule has 9 heteroatoms. The van der Waals surface area contributed by atoms with Crippen LogP contribution >= 0.6 is 7.82 Å². The normalized spacial score (nSPS) is 12.7. The Balaban J connectivity index is 3.98. The summed E-state index contributed by atoms with van der Waals surface area (Å²) in [6, 6.07) is 0. The fraction of sp³-hybridized carbons (Fsp3) is 0.838. The van der Waals surface area contributed by atoms with Crippen LogP contribution in [0.2, 0.25) is 0 Å². The molecule has 270 valence electrons. The molecule has 8 nitrogen and oxygen atoms in total. The van der Waals surface area contributed by atoms with Crippen LogP contribution in [-0.2, 0) is 28.2 Å². The lowest BCUT2D eigenvalue weighted by atomic mass is 10.0. The summed E-state index contributed by atoms with van der Waals surface area (Å²) >= 11 is 0. The van der Waals surface area contributed by atoms with Crippen molar-refractivity contribution < 1.29 is 37.9 Å². The van der Waals surface area contributed by atoms with Crippen molar-refractivity contribution >= 4 is 19.8 Å². The maximum Gasteiger partial charge on any atom is 0.469 e. The third-order valence-electron chi connectivity index (χ3n) is 7.97. The van der Waals surface area contributed by atoms with Crippen molar-refractivity contribution in [3.63, 3.8) is 0 Å². The third kappa shape index (κ3) is 35.4. The van der Waals surface area contributed by atoms with Gasteiger partial charge >= 0.3 is 19.8 Å². The number of hydrogen-bond acceptors (Lipinski definition) is 6. The molecule has 2 N–H and O–H groups in total. The van der Waals surface area contributed by atoms with Gasteiger partial charge in [0.2, 0.25) is 0 Å². The van der Waals surface area contributed by atoms with Gasteiger partial charge in [0.05, 0.1) is 6.61 Å². The van der Waals surface area contributed by atoms with Crippen LogP contribution in [0.25, 0.3) is 0 Å². The van der Waals surface area contributed by atoms with Gasteiger partial charge in [0.25, 0.3) is 0 Å². The Morgan fingerprint density at radius 1 is 0.565 bits per heavy atom. The highest BCUT2D eigenvalue weighted by atomic mass is 31.2. The van der Waals surface area contributed by atoms with Gasteiger partial charge in [0.1, 0.15) is 6.61 Å². The molecule has 0 fully saturated rings. The van der Waals surface area contributed by atoms with Crippen molar-refractivity contribution in [3.8, 4) is 0 Å². The molecule has 0 unspecified atom stereocenters. The highest BCUT2D eigenvalue weighted by Gasteiger charge is 2.22. The predicted octanol–water partition coefficient (Wildman–Crippen LogP) is 10.8. The van der Waals surface area contributed by atoms with Gasteiger partial charge in [-0.15, -0.1) is 0 Å². The molecule has 0 aromatic rings. The number of carbonyl (C=O) groups is 2. The van der Waals surface area contributed by atoms with Crippen LogP contribution in [0, 0.1) is 0 Å². The molecule has 0 heterocycles. The minimum absolute atomic E-state index is 0.213. The Kier molecular flexibility index (Phi) is 32.4. The maximum absolute atomic E-state index is 12.3. The third-order valence-corrected chi connectivity index (χ3v) is 8.46. The lowest BCUT2D eigenvalue weighted by Crippen LogP contribution is -2.29. The summed E-state index contributed by atoms with van der Waals surface area (Å²) in [5, 5.41) is 0. The Morgan fingerprint density at radius 2 is 1.00 bits per heavy atom. The molecular weight excluding hydrogens is 603 g/mol. The van der Waals surface area contributed by atoms with Gasteiger partial charge in [0, 0.05) is 12.8 Å². The van der Waals surface area contributed by atoms with E-state index in [2.05, 4.69) is 42.7 Å². The molecule has 0 aliphatic carbocycles. The van der Waals surface area contributed by atoms with Crippen LogP contribution < -0.4 is 0 Å². The van der Waals surface area contributed by atoms with Crippen LogP contribution in [0.4, 0.5) is 0 Å². The number of carbonyl (C=O) groups excluding carboxylic acids is 2. The van der Waals surface area contributed by atoms with Gasteiger partial charge in [-0.2, -0.15) is 0 Å². The molecule has 0 aliphatic rings. The zero-order chi connectivity index (χ0) is 34.0. The van der Waals surface area contributed by atoms with Gasteiger partial charge in [0.15, 0.2) is 6.10 Å². The number of unbranched alkanes of at least 4 members (excludes halogenated alkanes) is 20. The summed E-state index contributed by atoms with van der Waals surface area (Å²) in [5.74, 6) is -0.897. The van der Waals surface area contributed by atoms with E-state index in [0.29, 0.717) is 12.8 Å². The van der Waals surface area contributed by atoms with Crippen molar-refractivity contribution in [2.24, 2.45) is 0 Å². The summed E-state index contributed by atoms with van der Waals surface area (Å²) in [6.45, 7) is 3.63. The highest BCUT2D eigenvalue weighted by molar-refractivity contribution is 7.46. The van der Waals surface area contributed by atoms with E-state index in [0.717, 1.165) is 64.2 Å². The molecule has 0 aliphatic heterocycles. The molecule has 0 aromatic carbocycles. The zero-order valence-corrected chi connectivity index (χ0v) is 30.4. The lowest BCUT2D eigenvalue weighted by Gasteiger charge is -2.18. The second-order valence-electron chi connectivity index (χ2n) is 12.6. The molecule has 0 spiro atoms. The van der Waals surface area contributed by atoms with Gasteiger partial charge in [-0.25, -0.2) is 4.57 Å². The first-order chi connectivity index (χ1) is 22.3. The zero-order valence-electron chi connectivity index (χ0n) is 29.5. The minimum atomic E-state index is -4.75. The van der Waals surface area contributed by atoms with E-state index < -0.39 is 32.5 Å². The highest BCUT2D eigenvalue weighted by Crippen LogP contribution is 2.36. The van der Waals surface area contributed by atoms with E-state index in [9.17, 15) is 14.2 Å². The number of esters is 2. The molecule has 1 atom stereocenters. The standard InChI is InChI=1S/C37H69O8P/c1-3-5-7-9-11-13-15-17-19-21-23-25-27-29-31-36(38)43-33-35(34-44-46(40,41)42)45-37(39)32-30-28-26-24-22-20-18-16-14-12-10-8-6-4-2/h9,11,15,17,35H,3-8,10,12-14,16,18-34H2,1-2H3,(H2,40,41,42)/b11-9-,17-15-/t35-/m1/s1. The molecule has 0 rings (SSSR count). The number of rotatable bonds is 34. The van der Waals surface area contributed by atoms with Gasteiger partial charge in [-0.3, -0.25) is 14.1 Å². The Morgan fingerprint density at radius 3 is 1.50 bits per heavy atom. The summed E-state index contributed by atoms with van der Waals surface area (Å²) in [5.41, 5.74) is 0. The van der Waals surface area contributed by atoms with Crippen molar-refractivity contribution in [3.05, 3.63) is 24.3 Å². The van der Waals surface area contributed by atoms with Gasteiger partial charge < -0.3 is 19.3 Å². The average Bonchev–Trinajstić information content (AvgIpc) is 3.02. The van der Waals surface area contributed by atoms with E-state index in [-0.39, 0.29) is 19.4 Å². The summed E-state index contributed by atoms with van der Waals surface area (Å²) in [4.78, 5) is 42.6. The molecule has 0 saturated carbocycles. The smallest absolute Gasteiger partial charge is 0.462 e. The summed E-state index contributed by atoms with van der Waals surface area (Å²) < 4.78 is 26.3. The van der Waals surface area contributed by atoms with Crippen LogP contribution in [0.5, 0.6) is 0 Å². The summed E-state index contributed by atoms with van der Waals surface area (Å²) in [6.07, 6.45) is 36.1. The average molecular weight is 673 g/mol. The molecule has 0 aromatic heterocycles. The maximum atomic E-state index is 12.3. The molecule has 0 saturated heterocycles. The van der Waals surface area contributed by atoms with Gasteiger partial charge in [-0.05, 0) is 38.5 Å². The molecule has 0 bridgehead atoms. The van der Waals surface area contributed by atoms with E-state index in [4.69, 9.17) is 19.3 Å². The van der Waals surface area contributed by atoms with Crippen LogP contribution in [0.15, 0.2) is 24.3 Å². The first-order valence-corrected chi connectivity index (χ1v) is 20.2. The van der Waals surface area contributed by atoms with Crippen molar-refractivity contribution in [1.29, 1.82) is 0 Å². The SMILES string of the molecule is CCCC/C=C\C/C=C\CCCCCCCC(=O)OC[C@H](COP(=O)(O)O)OC(=O)CCCCCCCCCCCCCCCC. The first kappa shape index (κ1) is 44.5. The number of phosphoric ester groups is 1. The Hall–Kier alpha value is -1.47. The van der Waals surface area contributed by atoms with Crippen molar-refractivity contribution in [2.75, 3.05) is 13.2 Å². The fourth-order valence-electron chi connectivity index (χ4n) is 5.15. The largest absolute Gasteiger partial charge is 0.469 e. The Bertz CT molecular complexity index is 807. The first-order valence-electron chi connectivity index (χ1n) is 18.6. The molecule has 0 radical (unpaired) electrons. The predicted molar refractivity (Wildman–Crippen MR) is 189 cm³/mol. The fourth-order valence-corrected chi connectivity index (χ4v) is 5.51. The van der Waals surface area contributed by atoms with Crippen LogP contribution in [0.1, 0.15) is 181 Å². The van der Waals surface area contributed by atoms with E-state index in [1.165, 1.54) is 77.0 Å². The number of ether oxygens (including phenoxy) is 2. The van der Waals surface area contributed by atoms with E-state index in [1.54, 1.807) is 0 Å². The second-order valence-corrected chi connectivity index (χ2v) is 13.8. The van der Waals surface area contributed by atoms with E-state index >= 15 is 0 Å². The summed E-state index contributed by atoms with van der Waals surface area (Å²) in [7, 11) is -4.75. The van der Waals surface area contributed by atoms with Gasteiger partial charge in [-0.1, -0.05) is 154 Å².